The largest absolute Gasteiger partial charge is 0.573 e. The summed E-state index contributed by atoms with van der Waals surface area (Å²) in [5.41, 5.74) is 1.46. The number of halogens is 3. The summed E-state index contributed by atoms with van der Waals surface area (Å²) in [4.78, 5) is 14.8. The van der Waals surface area contributed by atoms with Crippen LogP contribution in [0.1, 0.15) is 15.9 Å². The number of hydrogen-bond acceptors (Lipinski definition) is 3. The Morgan fingerprint density at radius 1 is 0.969 bits per heavy atom. The summed E-state index contributed by atoms with van der Waals surface area (Å²) in [6.45, 7) is 3.48. The van der Waals surface area contributed by atoms with Gasteiger partial charge in [0.15, 0.2) is 0 Å². The van der Waals surface area contributed by atoms with Crippen LogP contribution in [0.25, 0.3) is 10.8 Å². The SMILES string of the molecule is O=C(NCC1C2CN(Cc3ccc4ccccc4c3)CC12)c1cccc(OC(F)(F)F)c1. The summed E-state index contributed by atoms with van der Waals surface area (Å²) in [6, 6.07) is 20.1. The zero-order valence-electron chi connectivity index (χ0n) is 17.3. The van der Waals surface area contributed by atoms with Gasteiger partial charge in [0.1, 0.15) is 5.75 Å². The molecular formula is C25H23F3N2O2. The number of nitrogens with one attached hydrogen (secondary N) is 1. The van der Waals surface area contributed by atoms with Crippen LogP contribution in [0.2, 0.25) is 0 Å². The minimum atomic E-state index is -4.78. The van der Waals surface area contributed by atoms with Gasteiger partial charge in [-0.2, -0.15) is 0 Å². The second-order valence-corrected chi connectivity index (χ2v) is 8.65. The second kappa shape index (κ2) is 8.13. The smallest absolute Gasteiger partial charge is 0.406 e. The van der Waals surface area contributed by atoms with Gasteiger partial charge in [-0.1, -0.05) is 42.5 Å². The molecule has 2 fully saturated rings. The van der Waals surface area contributed by atoms with Gasteiger partial charge in [0.05, 0.1) is 0 Å². The average molecular weight is 440 g/mol. The number of benzene rings is 3. The van der Waals surface area contributed by atoms with E-state index in [-0.39, 0.29) is 11.5 Å². The molecule has 0 bridgehead atoms. The Labute approximate surface area is 184 Å². The van der Waals surface area contributed by atoms with Crippen molar-refractivity contribution in [3.8, 4) is 5.75 Å². The van der Waals surface area contributed by atoms with Crippen molar-refractivity contribution in [2.24, 2.45) is 17.8 Å². The molecule has 166 valence electrons. The summed E-state index contributed by atoms with van der Waals surface area (Å²) in [6.07, 6.45) is -4.78. The highest BCUT2D eigenvalue weighted by Gasteiger charge is 2.55. The monoisotopic (exact) mass is 440 g/mol. The third-order valence-electron chi connectivity index (χ3n) is 6.50. The minimum absolute atomic E-state index is 0.162. The Morgan fingerprint density at radius 3 is 2.47 bits per heavy atom. The lowest BCUT2D eigenvalue weighted by Gasteiger charge is -2.20. The third kappa shape index (κ3) is 4.58. The number of piperidine rings is 1. The summed E-state index contributed by atoms with van der Waals surface area (Å²) in [5.74, 6) is 0.793. The number of alkyl halides is 3. The van der Waals surface area contributed by atoms with E-state index in [1.54, 1.807) is 0 Å². The number of nitrogens with zero attached hydrogens (tertiary/aromatic N) is 1. The predicted octanol–water partition coefficient (Wildman–Crippen LogP) is 4.85. The molecule has 1 aliphatic heterocycles. The molecule has 1 saturated heterocycles. The number of amides is 1. The third-order valence-corrected chi connectivity index (χ3v) is 6.50. The Kier molecular flexibility index (Phi) is 5.29. The lowest BCUT2D eigenvalue weighted by Crippen LogP contribution is -2.30. The fourth-order valence-electron chi connectivity index (χ4n) is 4.91. The van der Waals surface area contributed by atoms with Crippen LogP contribution in [-0.2, 0) is 6.54 Å². The van der Waals surface area contributed by atoms with Crippen LogP contribution in [0.5, 0.6) is 5.75 Å². The highest BCUT2D eigenvalue weighted by molar-refractivity contribution is 5.94. The molecule has 5 rings (SSSR count). The molecule has 4 nitrogen and oxygen atoms in total. The van der Waals surface area contributed by atoms with E-state index in [0.29, 0.717) is 24.3 Å². The van der Waals surface area contributed by atoms with Gasteiger partial charge in [0.25, 0.3) is 5.91 Å². The topological polar surface area (TPSA) is 41.6 Å². The lowest BCUT2D eigenvalue weighted by molar-refractivity contribution is -0.274. The summed E-state index contributed by atoms with van der Waals surface area (Å²) in [5, 5.41) is 5.36. The van der Waals surface area contributed by atoms with Crippen molar-refractivity contribution >= 4 is 16.7 Å². The van der Waals surface area contributed by atoms with E-state index in [0.717, 1.165) is 25.7 Å². The first-order valence-electron chi connectivity index (χ1n) is 10.7. The van der Waals surface area contributed by atoms with Crippen LogP contribution in [-0.4, -0.2) is 36.8 Å². The van der Waals surface area contributed by atoms with Crippen molar-refractivity contribution < 1.29 is 22.7 Å². The van der Waals surface area contributed by atoms with Gasteiger partial charge in [0, 0.05) is 31.7 Å². The molecule has 7 heteroatoms. The molecule has 0 aromatic heterocycles. The number of carbonyl (C=O) groups excluding carboxylic acids is 1. The fourth-order valence-corrected chi connectivity index (χ4v) is 4.91. The van der Waals surface area contributed by atoms with E-state index in [9.17, 15) is 18.0 Å². The highest BCUT2D eigenvalue weighted by Crippen LogP contribution is 2.51. The molecule has 3 aromatic carbocycles. The molecule has 1 aliphatic carbocycles. The minimum Gasteiger partial charge on any atom is -0.406 e. The van der Waals surface area contributed by atoms with Crippen LogP contribution in [0.4, 0.5) is 13.2 Å². The summed E-state index contributed by atoms with van der Waals surface area (Å²) >= 11 is 0. The summed E-state index contributed by atoms with van der Waals surface area (Å²) in [7, 11) is 0. The average Bonchev–Trinajstić information content (AvgIpc) is 3.21. The molecule has 0 spiro atoms. The van der Waals surface area contributed by atoms with Crippen LogP contribution in [0, 0.1) is 17.8 Å². The molecule has 2 aliphatic rings. The van der Waals surface area contributed by atoms with Crippen molar-refractivity contribution in [1.82, 2.24) is 10.2 Å². The van der Waals surface area contributed by atoms with E-state index in [1.165, 1.54) is 34.5 Å². The van der Waals surface area contributed by atoms with E-state index in [2.05, 4.69) is 51.4 Å². The predicted molar refractivity (Wildman–Crippen MR) is 115 cm³/mol. The van der Waals surface area contributed by atoms with Crippen LogP contribution >= 0.6 is 0 Å². The normalized spacial score (nSPS) is 22.5. The lowest BCUT2D eigenvalue weighted by atomic mass is 10.1. The Bertz CT molecular complexity index is 1140. The van der Waals surface area contributed by atoms with Crippen LogP contribution in [0.15, 0.2) is 66.7 Å². The first-order valence-corrected chi connectivity index (χ1v) is 10.7. The van der Waals surface area contributed by atoms with Gasteiger partial charge in [-0.15, -0.1) is 13.2 Å². The first kappa shape index (κ1) is 20.8. The van der Waals surface area contributed by atoms with Crippen molar-refractivity contribution in [2.45, 2.75) is 12.9 Å². The molecule has 2 atom stereocenters. The van der Waals surface area contributed by atoms with E-state index in [1.807, 2.05) is 6.07 Å². The molecule has 1 amide bonds. The maximum absolute atomic E-state index is 12.4. The Balaban J connectivity index is 1.10. The number of likely N-dealkylation sites (tertiary alicyclic amines) is 1. The van der Waals surface area contributed by atoms with Crippen molar-refractivity contribution in [2.75, 3.05) is 19.6 Å². The van der Waals surface area contributed by atoms with Gasteiger partial charge < -0.3 is 10.1 Å². The molecule has 32 heavy (non-hydrogen) atoms. The van der Waals surface area contributed by atoms with Gasteiger partial charge in [-0.05, 0) is 58.4 Å². The standard InChI is InChI=1S/C25H23F3N2O2/c26-25(27,28)32-20-7-3-6-19(11-20)24(31)29-12-21-22-14-30(15-23(21)22)13-16-8-9-17-4-1-2-5-18(17)10-16/h1-11,21-23H,12-15H2,(H,29,31). The zero-order chi connectivity index (χ0) is 22.3. The number of ether oxygens (including phenoxy) is 1. The van der Waals surface area contributed by atoms with Crippen molar-refractivity contribution in [3.05, 3.63) is 77.9 Å². The van der Waals surface area contributed by atoms with Gasteiger partial charge in [-0.3, -0.25) is 9.69 Å². The Hall–Kier alpha value is -3.06. The van der Waals surface area contributed by atoms with Crippen LogP contribution in [0.3, 0.4) is 0 Å². The molecule has 1 saturated carbocycles. The molecule has 3 aromatic rings. The van der Waals surface area contributed by atoms with Gasteiger partial charge >= 0.3 is 6.36 Å². The number of hydrogen-bond donors (Lipinski definition) is 1. The molecular weight excluding hydrogens is 417 g/mol. The molecule has 0 radical (unpaired) electrons. The van der Waals surface area contributed by atoms with Crippen molar-refractivity contribution in [1.29, 1.82) is 0 Å². The first-order chi connectivity index (χ1) is 15.4. The van der Waals surface area contributed by atoms with E-state index < -0.39 is 12.1 Å². The fraction of sp³-hybridized carbons (Fsp3) is 0.320. The van der Waals surface area contributed by atoms with Gasteiger partial charge in [0.2, 0.25) is 0 Å². The maximum atomic E-state index is 12.4. The quantitative estimate of drug-likeness (QED) is 0.596. The van der Waals surface area contributed by atoms with Crippen LogP contribution < -0.4 is 10.1 Å². The number of fused-ring (bicyclic) bond motifs is 2. The maximum Gasteiger partial charge on any atom is 0.573 e. The van der Waals surface area contributed by atoms with Crippen molar-refractivity contribution in [3.63, 3.8) is 0 Å². The zero-order valence-corrected chi connectivity index (χ0v) is 17.3. The van der Waals surface area contributed by atoms with Gasteiger partial charge in [-0.25, -0.2) is 0 Å². The number of carbonyl (C=O) groups is 1. The molecule has 1 heterocycles. The number of rotatable bonds is 6. The second-order valence-electron chi connectivity index (χ2n) is 8.65. The molecule has 2 unspecified atom stereocenters. The highest BCUT2D eigenvalue weighted by atomic mass is 19.4. The molecule has 1 N–H and O–H groups in total. The summed E-state index contributed by atoms with van der Waals surface area (Å²) < 4.78 is 41.0. The van der Waals surface area contributed by atoms with E-state index >= 15 is 0 Å². The Morgan fingerprint density at radius 2 is 1.72 bits per heavy atom. The van der Waals surface area contributed by atoms with E-state index in [4.69, 9.17) is 0 Å².